The highest BCUT2D eigenvalue weighted by molar-refractivity contribution is 9.10. The third-order valence-electron chi connectivity index (χ3n) is 4.40. The number of halogens is 1. The van der Waals surface area contributed by atoms with Crippen molar-refractivity contribution in [1.29, 1.82) is 0 Å². The van der Waals surface area contributed by atoms with Gasteiger partial charge in [0.05, 0.1) is 24.4 Å². The third kappa shape index (κ3) is 4.20. The van der Waals surface area contributed by atoms with Crippen molar-refractivity contribution in [1.82, 2.24) is 15.3 Å². The Hall–Kier alpha value is -1.66. The molecule has 1 saturated carbocycles. The Labute approximate surface area is 143 Å². The maximum atomic E-state index is 11.0. The van der Waals surface area contributed by atoms with E-state index in [1.165, 1.54) is 0 Å². The fraction of sp³-hybridized carbons (Fsp3) is 0.412. The van der Waals surface area contributed by atoms with Gasteiger partial charge in [-0.2, -0.15) is 0 Å². The molecule has 0 unspecified atom stereocenters. The van der Waals surface area contributed by atoms with Gasteiger partial charge in [-0.3, -0.25) is 4.79 Å². The molecule has 6 heteroatoms. The molecule has 2 aromatic rings. The topological polar surface area (TPSA) is 78.0 Å². The Balaban J connectivity index is 1.53. The molecular formula is C17H20BrN3O2. The van der Waals surface area contributed by atoms with Crippen LogP contribution in [-0.2, 0) is 11.3 Å². The summed E-state index contributed by atoms with van der Waals surface area (Å²) in [7, 11) is 0. The Morgan fingerprint density at radius 2 is 2.13 bits per heavy atom. The van der Waals surface area contributed by atoms with Crippen molar-refractivity contribution < 1.29 is 9.90 Å². The van der Waals surface area contributed by atoms with Crippen LogP contribution >= 0.6 is 15.9 Å². The number of aromatic nitrogens is 2. The summed E-state index contributed by atoms with van der Waals surface area (Å²) in [6.07, 6.45) is 5.19. The SMILES string of the molecule is O=C(O)C1CCC(NCc2ncc(-c3cccc(Br)c3)[nH]2)CC1. The molecule has 1 heterocycles. The number of H-pyrrole nitrogens is 1. The highest BCUT2D eigenvalue weighted by Gasteiger charge is 2.25. The molecule has 1 aromatic heterocycles. The summed E-state index contributed by atoms with van der Waals surface area (Å²) in [6.45, 7) is 0.677. The average Bonchev–Trinajstić information content (AvgIpc) is 3.02. The van der Waals surface area contributed by atoms with Crippen molar-refractivity contribution in [2.24, 2.45) is 5.92 Å². The fourth-order valence-electron chi connectivity index (χ4n) is 3.04. The molecule has 1 fully saturated rings. The molecule has 23 heavy (non-hydrogen) atoms. The quantitative estimate of drug-likeness (QED) is 0.743. The number of rotatable bonds is 5. The van der Waals surface area contributed by atoms with E-state index in [2.05, 4.69) is 37.3 Å². The van der Waals surface area contributed by atoms with Crippen molar-refractivity contribution in [2.45, 2.75) is 38.3 Å². The summed E-state index contributed by atoms with van der Waals surface area (Å²) in [4.78, 5) is 18.7. The van der Waals surface area contributed by atoms with Crippen LogP contribution in [0.5, 0.6) is 0 Å². The zero-order valence-electron chi connectivity index (χ0n) is 12.8. The lowest BCUT2D eigenvalue weighted by Crippen LogP contribution is -2.34. The van der Waals surface area contributed by atoms with Crippen LogP contribution in [0.2, 0.25) is 0 Å². The number of carbonyl (C=O) groups is 1. The van der Waals surface area contributed by atoms with Gasteiger partial charge in [-0.1, -0.05) is 28.1 Å². The summed E-state index contributed by atoms with van der Waals surface area (Å²) < 4.78 is 1.04. The van der Waals surface area contributed by atoms with E-state index in [1.54, 1.807) is 0 Å². The maximum absolute atomic E-state index is 11.0. The van der Waals surface area contributed by atoms with E-state index in [1.807, 2.05) is 24.4 Å². The van der Waals surface area contributed by atoms with Crippen LogP contribution in [0.4, 0.5) is 0 Å². The van der Waals surface area contributed by atoms with Crippen molar-refractivity contribution in [2.75, 3.05) is 0 Å². The van der Waals surface area contributed by atoms with E-state index in [4.69, 9.17) is 5.11 Å². The van der Waals surface area contributed by atoms with E-state index in [0.29, 0.717) is 12.6 Å². The number of aliphatic carboxylic acids is 1. The maximum Gasteiger partial charge on any atom is 0.306 e. The predicted octanol–water partition coefficient (Wildman–Crippen LogP) is 3.57. The second-order valence-electron chi connectivity index (χ2n) is 6.02. The Morgan fingerprint density at radius 1 is 1.35 bits per heavy atom. The molecule has 1 aliphatic rings. The van der Waals surface area contributed by atoms with Crippen molar-refractivity contribution in [3.05, 3.63) is 40.8 Å². The minimum atomic E-state index is -0.659. The normalized spacial score (nSPS) is 21.3. The first-order valence-corrected chi connectivity index (χ1v) is 8.67. The van der Waals surface area contributed by atoms with Gasteiger partial charge in [0.25, 0.3) is 0 Å². The molecule has 1 aromatic carbocycles. The van der Waals surface area contributed by atoms with Gasteiger partial charge in [0.15, 0.2) is 0 Å². The van der Waals surface area contributed by atoms with Crippen molar-refractivity contribution in [3.8, 4) is 11.3 Å². The minimum absolute atomic E-state index is 0.167. The first kappa shape index (κ1) is 16.2. The number of aromatic amines is 1. The van der Waals surface area contributed by atoms with E-state index in [-0.39, 0.29) is 5.92 Å². The molecule has 3 rings (SSSR count). The van der Waals surface area contributed by atoms with Crippen LogP contribution in [0.15, 0.2) is 34.9 Å². The molecular weight excluding hydrogens is 358 g/mol. The van der Waals surface area contributed by atoms with Gasteiger partial charge in [-0.25, -0.2) is 4.98 Å². The number of nitrogens with zero attached hydrogens (tertiary/aromatic N) is 1. The molecule has 0 spiro atoms. The van der Waals surface area contributed by atoms with Gasteiger partial charge >= 0.3 is 5.97 Å². The van der Waals surface area contributed by atoms with Gasteiger partial charge < -0.3 is 15.4 Å². The number of hydrogen-bond acceptors (Lipinski definition) is 3. The zero-order valence-corrected chi connectivity index (χ0v) is 14.3. The standard InChI is InChI=1S/C17H20BrN3O2/c18-13-3-1-2-12(8-13)15-9-20-16(21-15)10-19-14-6-4-11(5-7-14)17(22)23/h1-3,8-9,11,14,19H,4-7,10H2,(H,20,21)(H,22,23). The van der Waals surface area contributed by atoms with Crippen LogP contribution < -0.4 is 5.32 Å². The van der Waals surface area contributed by atoms with E-state index in [0.717, 1.165) is 47.2 Å². The number of benzene rings is 1. The second-order valence-corrected chi connectivity index (χ2v) is 6.94. The van der Waals surface area contributed by atoms with E-state index in [9.17, 15) is 4.79 Å². The van der Waals surface area contributed by atoms with Crippen LogP contribution in [0.3, 0.4) is 0 Å². The van der Waals surface area contributed by atoms with Gasteiger partial charge in [0.2, 0.25) is 0 Å². The monoisotopic (exact) mass is 377 g/mol. The second kappa shape index (κ2) is 7.27. The highest BCUT2D eigenvalue weighted by Crippen LogP contribution is 2.25. The lowest BCUT2D eigenvalue weighted by molar-refractivity contribution is -0.142. The smallest absolute Gasteiger partial charge is 0.306 e. The Kier molecular flexibility index (Phi) is 5.13. The number of carboxylic acids is 1. The average molecular weight is 378 g/mol. The number of hydrogen-bond donors (Lipinski definition) is 3. The zero-order chi connectivity index (χ0) is 16.2. The minimum Gasteiger partial charge on any atom is -0.481 e. The number of imidazole rings is 1. The molecule has 122 valence electrons. The Morgan fingerprint density at radius 3 is 2.83 bits per heavy atom. The highest BCUT2D eigenvalue weighted by atomic mass is 79.9. The van der Waals surface area contributed by atoms with Crippen LogP contribution in [-0.4, -0.2) is 27.1 Å². The predicted molar refractivity (Wildman–Crippen MR) is 91.9 cm³/mol. The molecule has 0 radical (unpaired) electrons. The van der Waals surface area contributed by atoms with Crippen LogP contribution in [0.25, 0.3) is 11.3 Å². The molecule has 5 nitrogen and oxygen atoms in total. The van der Waals surface area contributed by atoms with E-state index < -0.39 is 5.97 Å². The molecule has 0 atom stereocenters. The summed E-state index contributed by atoms with van der Waals surface area (Å²) in [5.74, 6) is 0.0771. The van der Waals surface area contributed by atoms with Gasteiger partial charge in [0.1, 0.15) is 5.82 Å². The van der Waals surface area contributed by atoms with Crippen LogP contribution in [0.1, 0.15) is 31.5 Å². The lowest BCUT2D eigenvalue weighted by Gasteiger charge is -2.26. The molecule has 1 aliphatic carbocycles. The van der Waals surface area contributed by atoms with Gasteiger partial charge in [-0.15, -0.1) is 0 Å². The summed E-state index contributed by atoms with van der Waals surface area (Å²) >= 11 is 3.48. The number of carboxylic acid groups (broad SMARTS) is 1. The first-order chi connectivity index (χ1) is 11.1. The first-order valence-electron chi connectivity index (χ1n) is 7.88. The summed E-state index contributed by atoms with van der Waals surface area (Å²) in [6, 6.07) is 8.47. The third-order valence-corrected chi connectivity index (χ3v) is 4.89. The fourth-order valence-corrected chi connectivity index (χ4v) is 3.44. The largest absolute Gasteiger partial charge is 0.481 e. The van der Waals surface area contributed by atoms with Crippen molar-refractivity contribution >= 4 is 21.9 Å². The van der Waals surface area contributed by atoms with E-state index >= 15 is 0 Å². The van der Waals surface area contributed by atoms with Crippen molar-refractivity contribution in [3.63, 3.8) is 0 Å². The van der Waals surface area contributed by atoms with Gasteiger partial charge in [0, 0.05) is 16.1 Å². The lowest BCUT2D eigenvalue weighted by atomic mass is 9.86. The molecule has 3 N–H and O–H groups in total. The molecule has 0 bridgehead atoms. The molecule has 0 amide bonds. The summed E-state index contributed by atoms with van der Waals surface area (Å²) in [5, 5.41) is 12.5. The molecule has 0 saturated heterocycles. The van der Waals surface area contributed by atoms with Crippen LogP contribution in [0, 0.1) is 5.92 Å². The van der Waals surface area contributed by atoms with Gasteiger partial charge in [-0.05, 0) is 37.8 Å². The summed E-state index contributed by atoms with van der Waals surface area (Å²) in [5.41, 5.74) is 2.10. The number of nitrogens with one attached hydrogen (secondary N) is 2. The Bertz CT molecular complexity index is 678. The molecule has 0 aliphatic heterocycles.